The summed E-state index contributed by atoms with van der Waals surface area (Å²) in [7, 11) is 0. The molecule has 0 aliphatic carbocycles. The van der Waals surface area contributed by atoms with Crippen molar-refractivity contribution in [3.63, 3.8) is 0 Å². The molecular weight excluding hydrogens is 300 g/mol. The third-order valence-electron chi connectivity index (χ3n) is 2.67. The van der Waals surface area contributed by atoms with Crippen LogP contribution in [0.25, 0.3) is 0 Å². The van der Waals surface area contributed by atoms with Crippen molar-refractivity contribution >= 4 is 27.3 Å². The molecule has 2 heterocycles. The highest BCUT2D eigenvalue weighted by atomic mass is 79.9. The molecule has 0 aliphatic rings. The summed E-state index contributed by atoms with van der Waals surface area (Å²) in [6, 6.07) is 2.08. The number of nitrogens with zero attached hydrogens (tertiary/aromatic N) is 2. The third kappa shape index (κ3) is 2.44. The normalized spacial score (nSPS) is 12.9. The van der Waals surface area contributed by atoms with Crippen LogP contribution in [-0.4, -0.2) is 9.55 Å². The van der Waals surface area contributed by atoms with Gasteiger partial charge in [0, 0.05) is 23.8 Å². The van der Waals surface area contributed by atoms with E-state index in [0.29, 0.717) is 0 Å². The molecule has 1 unspecified atom stereocenters. The lowest BCUT2D eigenvalue weighted by Crippen LogP contribution is -2.30. The summed E-state index contributed by atoms with van der Waals surface area (Å²) < 4.78 is 3.23. The summed E-state index contributed by atoms with van der Waals surface area (Å²) >= 11 is 5.22. The third-order valence-corrected chi connectivity index (χ3v) is 4.88. The number of rotatable bonds is 4. The Morgan fingerprint density at radius 2 is 2.41 bits per heavy atom. The van der Waals surface area contributed by atoms with Crippen LogP contribution in [0.3, 0.4) is 0 Å². The molecule has 92 valence electrons. The van der Waals surface area contributed by atoms with Gasteiger partial charge in [-0.1, -0.05) is 0 Å². The fourth-order valence-electron chi connectivity index (χ4n) is 1.76. The van der Waals surface area contributed by atoms with Crippen LogP contribution in [0, 0.1) is 6.92 Å². The number of halogens is 1. The van der Waals surface area contributed by atoms with E-state index in [1.54, 1.807) is 17.5 Å². The molecule has 0 aromatic carbocycles. The van der Waals surface area contributed by atoms with Crippen molar-refractivity contribution in [1.29, 1.82) is 0 Å². The molecule has 3 N–H and O–H groups in total. The molecule has 0 fully saturated rings. The van der Waals surface area contributed by atoms with Crippen LogP contribution < -0.4 is 11.3 Å². The number of aryl methyl sites for hydroxylation is 2. The molecule has 0 aliphatic heterocycles. The zero-order valence-corrected chi connectivity index (χ0v) is 12.2. The molecule has 1 atom stereocenters. The van der Waals surface area contributed by atoms with Crippen molar-refractivity contribution in [3.05, 3.63) is 38.5 Å². The highest BCUT2D eigenvalue weighted by molar-refractivity contribution is 9.11. The average Bonchev–Trinajstić information content (AvgIpc) is 2.89. The summed E-state index contributed by atoms with van der Waals surface area (Å²) in [5.41, 5.74) is 4.06. The lowest BCUT2D eigenvalue weighted by atomic mass is 10.2. The van der Waals surface area contributed by atoms with E-state index in [-0.39, 0.29) is 6.04 Å². The maximum Gasteiger partial charge on any atom is 0.132 e. The first-order chi connectivity index (χ1) is 8.17. The van der Waals surface area contributed by atoms with Gasteiger partial charge < -0.3 is 4.57 Å². The van der Waals surface area contributed by atoms with E-state index in [4.69, 9.17) is 5.84 Å². The number of thiophene rings is 1. The van der Waals surface area contributed by atoms with E-state index in [1.807, 2.05) is 6.20 Å². The Balaban J connectivity index is 2.40. The van der Waals surface area contributed by atoms with Gasteiger partial charge in [0.25, 0.3) is 0 Å². The van der Waals surface area contributed by atoms with Crippen LogP contribution in [-0.2, 0) is 6.54 Å². The van der Waals surface area contributed by atoms with Gasteiger partial charge in [0.1, 0.15) is 11.9 Å². The highest BCUT2D eigenvalue weighted by Crippen LogP contribution is 2.33. The summed E-state index contributed by atoms with van der Waals surface area (Å²) in [5, 5.41) is 0. The number of nitrogens with two attached hydrogens (primary N) is 1. The first-order valence-electron chi connectivity index (χ1n) is 5.40. The second kappa shape index (κ2) is 5.30. The van der Waals surface area contributed by atoms with E-state index in [2.05, 4.69) is 50.8 Å². The van der Waals surface area contributed by atoms with Crippen LogP contribution in [0.4, 0.5) is 0 Å². The Bertz CT molecular complexity index is 486. The molecule has 0 saturated heterocycles. The molecule has 4 nitrogen and oxygen atoms in total. The molecule has 2 rings (SSSR count). The van der Waals surface area contributed by atoms with Gasteiger partial charge in [-0.05, 0) is 41.4 Å². The number of hydrazine groups is 1. The highest BCUT2D eigenvalue weighted by Gasteiger charge is 2.20. The van der Waals surface area contributed by atoms with Crippen molar-refractivity contribution in [1.82, 2.24) is 15.0 Å². The van der Waals surface area contributed by atoms with Gasteiger partial charge in [0.2, 0.25) is 0 Å². The number of hydrogen-bond donors (Lipinski definition) is 2. The molecule has 0 saturated carbocycles. The minimum Gasteiger partial charge on any atom is -0.334 e. The van der Waals surface area contributed by atoms with Crippen LogP contribution in [0.2, 0.25) is 0 Å². The van der Waals surface area contributed by atoms with Crippen LogP contribution >= 0.6 is 27.3 Å². The quantitative estimate of drug-likeness (QED) is 0.673. The topological polar surface area (TPSA) is 55.9 Å². The fourth-order valence-corrected chi connectivity index (χ4v) is 3.39. The van der Waals surface area contributed by atoms with E-state index in [9.17, 15) is 0 Å². The average molecular weight is 315 g/mol. The minimum absolute atomic E-state index is 0.0556. The van der Waals surface area contributed by atoms with Gasteiger partial charge in [-0.25, -0.2) is 10.4 Å². The lowest BCUT2D eigenvalue weighted by molar-refractivity contribution is 0.567. The molecule has 6 heteroatoms. The van der Waals surface area contributed by atoms with Crippen molar-refractivity contribution in [2.75, 3.05) is 0 Å². The molecule has 2 aromatic heterocycles. The van der Waals surface area contributed by atoms with Gasteiger partial charge in [-0.15, -0.1) is 11.3 Å². The van der Waals surface area contributed by atoms with Crippen LogP contribution in [0.1, 0.15) is 29.2 Å². The number of imidazole rings is 1. The van der Waals surface area contributed by atoms with Crippen molar-refractivity contribution < 1.29 is 0 Å². The van der Waals surface area contributed by atoms with E-state index < -0.39 is 0 Å². The lowest BCUT2D eigenvalue weighted by Gasteiger charge is -2.15. The van der Waals surface area contributed by atoms with E-state index >= 15 is 0 Å². The monoisotopic (exact) mass is 314 g/mol. The summed E-state index contributed by atoms with van der Waals surface area (Å²) in [6.07, 6.45) is 3.77. The van der Waals surface area contributed by atoms with Crippen molar-refractivity contribution in [2.45, 2.75) is 26.4 Å². The second-order valence-corrected chi connectivity index (χ2v) is 6.18. The van der Waals surface area contributed by atoms with Gasteiger partial charge >= 0.3 is 0 Å². The maximum atomic E-state index is 5.67. The minimum atomic E-state index is -0.0556. The smallest absolute Gasteiger partial charge is 0.132 e. The van der Waals surface area contributed by atoms with Gasteiger partial charge in [-0.3, -0.25) is 5.84 Å². The molecule has 0 spiro atoms. The second-order valence-electron chi connectivity index (χ2n) is 3.78. The van der Waals surface area contributed by atoms with Crippen LogP contribution in [0.5, 0.6) is 0 Å². The largest absolute Gasteiger partial charge is 0.334 e. The van der Waals surface area contributed by atoms with Gasteiger partial charge in [0.15, 0.2) is 0 Å². The number of hydrogen-bond acceptors (Lipinski definition) is 4. The first-order valence-corrected chi connectivity index (χ1v) is 7.01. The predicted octanol–water partition coefficient (Wildman–Crippen LogP) is 2.59. The first kappa shape index (κ1) is 12.8. The number of nitrogens with one attached hydrogen (secondary N) is 1. The molecular formula is C11H15BrN4S. The number of aromatic nitrogens is 2. The molecule has 0 radical (unpaired) electrons. The zero-order valence-electron chi connectivity index (χ0n) is 9.77. The van der Waals surface area contributed by atoms with Gasteiger partial charge in [-0.2, -0.15) is 0 Å². The summed E-state index contributed by atoms with van der Waals surface area (Å²) in [6.45, 7) is 5.05. The maximum absolute atomic E-state index is 5.67. The standard InChI is InChI=1S/C11H15BrN4S/c1-3-16-5-4-14-11(16)9(15-13)8-6-7(2)10(12)17-8/h4-6,9,15H,3,13H2,1-2H3. The van der Waals surface area contributed by atoms with Crippen molar-refractivity contribution in [2.24, 2.45) is 5.84 Å². The van der Waals surface area contributed by atoms with Crippen molar-refractivity contribution in [3.8, 4) is 0 Å². The SMILES string of the molecule is CCn1ccnc1C(NN)c1cc(C)c(Br)s1. The summed E-state index contributed by atoms with van der Waals surface area (Å²) in [4.78, 5) is 5.55. The Morgan fingerprint density at radius 1 is 1.65 bits per heavy atom. The predicted molar refractivity (Wildman–Crippen MR) is 73.8 cm³/mol. The fraction of sp³-hybridized carbons (Fsp3) is 0.364. The van der Waals surface area contributed by atoms with Crippen LogP contribution in [0.15, 0.2) is 22.2 Å². The Labute approximate surface area is 113 Å². The Hall–Kier alpha value is -0.690. The van der Waals surface area contributed by atoms with E-state index in [0.717, 1.165) is 21.0 Å². The molecule has 2 aromatic rings. The van der Waals surface area contributed by atoms with Gasteiger partial charge in [0.05, 0.1) is 3.79 Å². The Morgan fingerprint density at radius 3 is 2.94 bits per heavy atom. The Kier molecular flexibility index (Phi) is 3.98. The molecule has 0 bridgehead atoms. The summed E-state index contributed by atoms with van der Waals surface area (Å²) in [5.74, 6) is 6.61. The van der Waals surface area contributed by atoms with E-state index in [1.165, 1.54) is 5.56 Å². The zero-order chi connectivity index (χ0) is 12.4. The molecule has 17 heavy (non-hydrogen) atoms. The molecule has 0 amide bonds.